The number of nitrogens with zero attached hydrogens (tertiary/aromatic N) is 3. The Labute approximate surface area is 186 Å². The lowest BCUT2D eigenvalue weighted by atomic mass is 9.73. The summed E-state index contributed by atoms with van der Waals surface area (Å²) in [6.45, 7) is 5.26. The Kier molecular flexibility index (Phi) is 5.35. The number of imide groups is 2. The second-order valence-corrected chi connectivity index (χ2v) is 9.39. The molecule has 1 spiro atoms. The summed E-state index contributed by atoms with van der Waals surface area (Å²) >= 11 is 0. The molecular formula is C23H29N5O4. The Balaban J connectivity index is 1.34. The minimum atomic E-state index is -0.933. The number of fused-ring (bicyclic) bond motifs is 1. The Morgan fingerprint density at radius 3 is 2.53 bits per heavy atom. The van der Waals surface area contributed by atoms with Gasteiger partial charge in [0.15, 0.2) is 0 Å². The number of nitrogens with two attached hydrogens (primary N) is 1. The normalized spacial score (nSPS) is 25.8. The number of carbonyl (C=O) groups excluding carboxylic acids is 4. The molecule has 0 bridgehead atoms. The van der Waals surface area contributed by atoms with Gasteiger partial charge in [-0.3, -0.25) is 39.2 Å². The molecule has 9 nitrogen and oxygen atoms in total. The summed E-state index contributed by atoms with van der Waals surface area (Å²) < 4.78 is 0. The first kappa shape index (κ1) is 21.2. The first-order valence-corrected chi connectivity index (χ1v) is 11.4. The Morgan fingerprint density at radius 2 is 1.84 bits per heavy atom. The highest BCUT2D eigenvalue weighted by atomic mass is 16.2. The molecule has 3 aliphatic heterocycles. The van der Waals surface area contributed by atoms with E-state index in [1.54, 1.807) is 12.1 Å². The summed E-state index contributed by atoms with van der Waals surface area (Å²) in [5.41, 5.74) is 7.60. The van der Waals surface area contributed by atoms with E-state index in [9.17, 15) is 19.2 Å². The topological polar surface area (TPSA) is 116 Å². The number of nitrogens with one attached hydrogen (secondary N) is 1. The predicted octanol–water partition coefficient (Wildman–Crippen LogP) is 0.0868. The fourth-order valence-corrected chi connectivity index (χ4v) is 5.61. The van der Waals surface area contributed by atoms with Crippen LogP contribution in [0.4, 0.5) is 0 Å². The number of benzene rings is 1. The van der Waals surface area contributed by atoms with Gasteiger partial charge in [-0.1, -0.05) is 6.07 Å². The van der Waals surface area contributed by atoms with Gasteiger partial charge >= 0.3 is 0 Å². The second kappa shape index (κ2) is 8.06. The van der Waals surface area contributed by atoms with Crippen molar-refractivity contribution < 1.29 is 19.2 Å². The third kappa shape index (κ3) is 3.44. The van der Waals surface area contributed by atoms with Crippen LogP contribution in [0.1, 0.15) is 58.4 Å². The van der Waals surface area contributed by atoms with Crippen LogP contribution < -0.4 is 11.1 Å². The molecule has 2 saturated heterocycles. The number of amides is 4. The van der Waals surface area contributed by atoms with Crippen LogP contribution in [0.3, 0.4) is 0 Å². The van der Waals surface area contributed by atoms with Crippen LogP contribution >= 0.6 is 0 Å². The summed E-state index contributed by atoms with van der Waals surface area (Å²) in [7, 11) is 0. The van der Waals surface area contributed by atoms with Gasteiger partial charge in [-0.25, -0.2) is 0 Å². The zero-order valence-corrected chi connectivity index (χ0v) is 18.1. The lowest BCUT2D eigenvalue weighted by Crippen LogP contribution is -2.65. The molecule has 0 aromatic heterocycles. The van der Waals surface area contributed by atoms with Gasteiger partial charge in [0.2, 0.25) is 11.8 Å². The molecular weight excluding hydrogens is 410 g/mol. The van der Waals surface area contributed by atoms with Gasteiger partial charge in [-0.2, -0.15) is 0 Å². The van der Waals surface area contributed by atoms with Crippen molar-refractivity contribution in [2.45, 2.75) is 50.2 Å². The molecule has 9 heteroatoms. The molecule has 3 N–H and O–H groups in total. The monoisotopic (exact) mass is 439 g/mol. The molecule has 3 heterocycles. The van der Waals surface area contributed by atoms with Gasteiger partial charge in [0.05, 0.1) is 11.1 Å². The standard InChI is InChI=1S/C23H29N5O4/c24-8-9-26-10-11-27(23(14-26)6-1-7-23)13-15-2-3-16-17(12-15)22(32)28(21(16)31)18-4-5-19(29)25-20(18)30/h2-3,12,18H,1,4-11,13-14,24H2,(H,25,29,30). The molecule has 4 amide bonds. The van der Waals surface area contributed by atoms with E-state index in [0.29, 0.717) is 17.7 Å². The van der Waals surface area contributed by atoms with Crippen molar-refractivity contribution in [3.63, 3.8) is 0 Å². The molecule has 1 aromatic rings. The van der Waals surface area contributed by atoms with Crippen molar-refractivity contribution in [1.29, 1.82) is 0 Å². The van der Waals surface area contributed by atoms with Crippen molar-refractivity contribution in [3.8, 4) is 0 Å². The summed E-state index contributed by atoms with van der Waals surface area (Å²) in [6, 6.07) is 4.49. The van der Waals surface area contributed by atoms with Crippen molar-refractivity contribution >= 4 is 23.6 Å². The van der Waals surface area contributed by atoms with Crippen LogP contribution in [0.25, 0.3) is 0 Å². The summed E-state index contributed by atoms with van der Waals surface area (Å²) in [5, 5.41) is 2.23. The number of hydrogen-bond donors (Lipinski definition) is 2. The molecule has 1 aliphatic carbocycles. The maximum absolute atomic E-state index is 13.1. The maximum Gasteiger partial charge on any atom is 0.262 e. The zero-order chi connectivity index (χ0) is 22.5. The highest BCUT2D eigenvalue weighted by Crippen LogP contribution is 2.41. The Morgan fingerprint density at radius 1 is 1.06 bits per heavy atom. The molecule has 1 atom stereocenters. The van der Waals surface area contributed by atoms with E-state index in [-0.39, 0.29) is 24.3 Å². The van der Waals surface area contributed by atoms with Crippen LogP contribution in [0.2, 0.25) is 0 Å². The third-order valence-corrected chi connectivity index (χ3v) is 7.48. The van der Waals surface area contributed by atoms with E-state index in [2.05, 4.69) is 15.1 Å². The van der Waals surface area contributed by atoms with E-state index in [0.717, 1.165) is 43.2 Å². The SMILES string of the molecule is NCCN1CCN(Cc2ccc3c(c2)C(=O)N(C2CCC(=O)NC2=O)C3=O)C2(CCC2)C1. The number of rotatable bonds is 5. The van der Waals surface area contributed by atoms with Crippen molar-refractivity contribution in [2.24, 2.45) is 5.73 Å². The lowest BCUT2D eigenvalue weighted by molar-refractivity contribution is -0.136. The van der Waals surface area contributed by atoms with Gasteiger partial charge in [-0.15, -0.1) is 0 Å². The maximum atomic E-state index is 13.1. The average molecular weight is 440 g/mol. The fourth-order valence-electron chi connectivity index (χ4n) is 5.61. The largest absolute Gasteiger partial charge is 0.329 e. The van der Waals surface area contributed by atoms with E-state index in [1.807, 2.05) is 6.07 Å². The van der Waals surface area contributed by atoms with Gasteiger partial charge in [0.1, 0.15) is 6.04 Å². The number of hydrogen-bond acceptors (Lipinski definition) is 7. The predicted molar refractivity (Wildman–Crippen MR) is 116 cm³/mol. The van der Waals surface area contributed by atoms with Gasteiger partial charge in [-0.05, 0) is 43.4 Å². The fraction of sp³-hybridized carbons (Fsp3) is 0.565. The molecule has 3 fully saturated rings. The number of piperidine rings is 1. The summed E-state index contributed by atoms with van der Waals surface area (Å²) in [5.74, 6) is -1.87. The summed E-state index contributed by atoms with van der Waals surface area (Å²) in [4.78, 5) is 55.7. The molecule has 5 rings (SSSR count). The molecule has 1 unspecified atom stereocenters. The zero-order valence-electron chi connectivity index (χ0n) is 18.1. The molecule has 4 aliphatic rings. The van der Waals surface area contributed by atoms with Crippen molar-refractivity contribution in [3.05, 3.63) is 34.9 Å². The highest BCUT2D eigenvalue weighted by Gasteiger charge is 2.47. The smallest absolute Gasteiger partial charge is 0.262 e. The van der Waals surface area contributed by atoms with E-state index < -0.39 is 23.8 Å². The van der Waals surface area contributed by atoms with E-state index in [4.69, 9.17) is 5.73 Å². The molecule has 0 radical (unpaired) electrons. The number of carbonyl (C=O) groups is 4. The lowest BCUT2D eigenvalue weighted by Gasteiger charge is -2.56. The Bertz CT molecular complexity index is 989. The van der Waals surface area contributed by atoms with Crippen LogP contribution in [0.15, 0.2) is 18.2 Å². The van der Waals surface area contributed by atoms with Gasteiger partial charge in [0, 0.05) is 51.2 Å². The second-order valence-electron chi connectivity index (χ2n) is 9.39. The highest BCUT2D eigenvalue weighted by molar-refractivity contribution is 6.23. The molecule has 1 saturated carbocycles. The minimum absolute atomic E-state index is 0.118. The van der Waals surface area contributed by atoms with Crippen LogP contribution in [0.5, 0.6) is 0 Å². The van der Waals surface area contributed by atoms with Gasteiger partial charge in [0.25, 0.3) is 11.8 Å². The summed E-state index contributed by atoms with van der Waals surface area (Å²) in [6.07, 6.45) is 3.84. The Hall–Kier alpha value is -2.62. The molecule has 170 valence electrons. The minimum Gasteiger partial charge on any atom is -0.329 e. The average Bonchev–Trinajstić information content (AvgIpc) is 2.98. The third-order valence-electron chi connectivity index (χ3n) is 7.48. The van der Waals surface area contributed by atoms with Crippen LogP contribution in [0, 0.1) is 0 Å². The van der Waals surface area contributed by atoms with Gasteiger partial charge < -0.3 is 5.73 Å². The van der Waals surface area contributed by atoms with Crippen molar-refractivity contribution in [2.75, 3.05) is 32.7 Å². The van der Waals surface area contributed by atoms with E-state index >= 15 is 0 Å². The first-order valence-electron chi connectivity index (χ1n) is 11.4. The molecule has 1 aromatic carbocycles. The quantitative estimate of drug-likeness (QED) is 0.625. The van der Waals surface area contributed by atoms with Crippen LogP contribution in [-0.2, 0) is 16.1 Å². The van der Waals surface area contributed by atoms with E-state index in [1.165, 1.54) is 19.3 Å². The first-order chi connectivity index (χ1) is 15.4. The number of piperazine rings is 1. The van der Waals surface area contributed by atoms with Crippen LogP contribution in [-0.4, -0.2) is 82.6 Å². The van der Waals surface area contributed by atoms with Crippen molar-refractivity contribution in [1.82, 2.24) is 20.0 Å². The molecule has 32 heavy (non-hydrogen) atoms.